The Hall–Kier alpha value is -1.69. The highest BCUT2D eigenvalue weighted by Gasteiger charge is 2.16. The Balaban J connectivity index is 2.72. The van der Waals surface area contributed by atoms with E-state index in [9.17, 15) is 9.59 Å². The van der Waals surface area contributed by atoms with Crippen LogP contribution < -0.4 is 0 Å². The van der Waals surface area contributed by atoms with Gasteiger partial charge in [-0.1, -0.05) is 6.08 Å². The van der Waals surface area contributed by atoms with Crippen molar-refractivity contribution in [3.05, 3.63) is 41.2 Å². The number of ether oxygens (including phenoxy) is 1. The van der Waals surface area contributed by atoms with E-state index < -0.39 is 0 Å². The molecule has 108 valence electrons. The summed E-state index contributed by atoms with van der Waals surface area (Å²) in [6.45, 7) is 6.36. The van der Waals surface area contributed by atoms with Crippen LogP contribution in [-0.2, 0) is 9.53 Å². The molecule has 0 spiro atoms. The molecule has 0 aliphatic rings. The monoisotopic (exact) mass is 340 g/mol. The maximum atomic E-state index is 12.3. The molecule has 0 bridgehead atoms. The van der Waals surface area contributed by atoms with Gasteiger partial charge in [0.15, 0.2) is 0 Å². The highest BCUT2D eigenvalue weighted by molar-refractivity contribution is 9.10. The molecule has 0 aliphatic heterocycles. The summed E-state index contributed by atoms with van der Waals surface area (Å²) in [7, 11) is 0. The van der Waals surface area contributed by atoms with E-state index in [0.717, 1.165) is 4.47 Å². The number of nitrogens with zero attached hydrogens (tertiary/aromatic N) is 2. The summed E-state index contributed by atoms with van der Waals surface area (Å²) in [5.74, 6) is -0.510. The fraction of sp³-hybridized carbons (Fsp3) is 0.357. The van der Waals surface area contributed by atoms with E-state index in [1.807, 2.05) is 0 Å². The summed E-state index contributed by atoms with van der Waals surface area (Å²) in [5.41, 5.74) is 0.463. The lowest BCUT2D eigenvalue weighted by atomic mass is 10.2. The highest BCUT2D eigenvalue weighted by atomic mass is 79.9. The van der Waals surface area contributed by atoms with Crippen molar-refractivity contribution in [2.75, 3.05) is 19.7 Å². The Morgan fingerprint density at radius 1 is 1.50 bits per heavy atom. The molecule has 0 aliphatic carbocycles. The van der Waals surface area contributed by atoms with E-state index in [2.05, 4.69) is 27.5 Å². The second-order valence-corrected chi connectivity index (χ2v) is 4.90. The highest BCUT2D eigenvalue weighted by Crippen LogP contribution is 2.12. The molecule has 0 fully saturated rings. The van der Waals surface area contributed by atoms with Crippen molar-refractivity contribution in [1.82, 2.24) is 9.88 Å². The number of aromatic nitrogens is 1. The van der Waals surface area contributed by atoms with Crippen molar-refractivity contribution < 1.29 is 14.3 Å². The van der Waals surface area contributed by atoms with Crippen molar-refractivity contribution in [2.24, 2.45) is 0 Å². The Kier molecular flexibility index (Phi) is 6.93. The molecule has 1 heterocycles. The van der Waals surface area contributed by atoms with E-state index in [1.165, 1.54) is 11.1 Å². The van der Waals surface area contributed by atoms with Crippen molar-refractivity contribution in [2.45, 2.75) is 13.3 Å². The van der Waals surface area contributed by atoms with Crippen LogP contribution in [-0.4, -0.2) is 41.5 Å². The summed E-state index contributed by atoms with van der Waals surface area (Å²) in [4.78, 5) is 29.2. The zero-order valence-corrected chi connectivity index (χ0v) is 12.9. The molecule has 1 aromatic heterocycles. The van der Waals surface area contributed by atoms with Gasteiger partial charge in [-0.25, -0.2) is 0 Å². The van der Waals surface area contributed by atoms with Crippen molar-refractivity contribution in [1.29, 1.82) is 0 Å². The van der Waals surface area contributed by atoms with E-state index in [4.69, 9.17) is 4.74 Å². The van der Waals surface area contributed by atoms with Crippen LogP contribution in [0.3, 0.4) is 0 Å². The minimum absolute atomic E-state index is 0.162. The number of pyridine rings is 1. The maximum Gasteiger partial charge on any atom is 0.307 e. The number of rotatable bonds is 7. The van der Waals surface area contributed by atoms with Gasteiger partial charge in [-0.15, -0.1) is 6.58 Å². The third-order valence-corrected chi connectivity index (χ3v) is 2.91. The SMILES string of the molecule is C=CCN(CCC(=O)OCC)C(=O)c1cncc(Br)c1. The Bertz CT molecular complexity index is 491. The fourth-order valence-corrected chi connectivity index (χ4v) is 1.97. The predicted octanol–water partition coefficient (Wildman–Crippen LogP) is 2.43. The minimum atomic E-state index is -0.318. The van der Waals surface area contributed by atoms with Crippen molar-refractivity contribution in [3.8, 4) is 0 Å². The summed E-state index contributed by atoms with van der Waals surface area (Å²) >= 11 is 3.27. The number of hydrogen-bond acceptors (Lipinski definition) is 4. The van der Waals surface area contributed by atoms with Crippen LogP contribution in [0.4, 0.5) is 0 Å². The molecule has 0 radical (unpaired) electrons. The average molecular weight is 341 g/mol. The number of esters is 1. The first kappa shape index (κ1) is 16.4. The van der Waals surface area contributed by atoms with Gasteiger partial charge < -0.3 is 9.64 Å². The molecule has 1 aromatic rings. The van der Waals surface area contributed by atoms with Gasteiger partial charge in [0.25, 0.3) is 5.91 Å². The number of halogens is 1. The van der Waals surface area contributed by atoms with Gasteiger partial charge in [0.2, 0.25) is 0 Å². The molecule has 5 nitrogen and oxygen atoms in total. The zero-order valence-electron chi connectivity index (χ0n) is 11.3. The topological polar surface area (TPSA) is 59.5 Å². The summed E-state index contributed by atoms with van der Waals surface area (Å²) < 4.78 is 5.58. The minimum Gasteiger partial charge on any atom is -0.466 e. The summed E-state index contributed by atoms with van der Waals surface area (Å²) in [6, 6.07) is 1.69. The molecule has 0 saturated heterocycles. The Labute approximate surface area is 126 Å². The number of hydrogen-bond donors (Lipinski definition) is 0. The average Bonchev–Trinajstić information content (AvgIpc) is 2.43. The normalized spacial score (nSPS) is 9.90. The van der Waals surface area contributed by atoms with Crippen LogP contribution in [0.5, 0.6) is 0 Å². The molecular formula is C14H17BrN2O3. The van der Waals surface area contributed by atoms with Gasteiger partial charge in [0, 0.05) is 30.0 Å². The lowest BCUT2D eigenvalue weighted by Crippen LogP contribution is -2.33. The first-order valence-corrected chi connectivity index (χ1v) is 7.04. The number of carbonyl (C=O) groups is 2. The maximum absolute atomic E-state index is 12.3. The van der Waals surface area contributed by atoms with Crippen LogP contribution in [0.25, 0.3) is 0 Å². The van der Waals surface area contributed by atoms with Gasteiger partial charge in [0.05, 0.1) is 18.6 Å². The lowest BCUT2D eigenvalue weighted by Gasteiger charge is -2.20. The predicted molar refractivity (Wildman–Crippen MR) is 79.3 cm³/mol. The molecule has 0 aromatic carbocycles. The van der Waals surface area contributed by atoms with E-state index >= 15 is 0 Å². The third-order valence-electron chi connectivity index (χ3n) is 2.48. The Morgan fingerprint density at radius 2 is 2.25 bits per heavy atom. The molecule has 20 heavy (non-hydrogen) atoms. The molecule has 0 unspecified atom stereocenters. The second-order valence-electron chi connectivity index (χ2n) is 3.99. The molecule has 0 saturated carbocycles. The number of carbonyl (C=O) groups excluding carboxylic acids is 2. The number of amides is 1. The van der Waals surface area contributed by atoms with Gasteiger partial charge in [-0.2, -0.15) is 0 Å². The van der Waals surface area contributed by atoms with Gasteiger partial charge in [-0.05, 0) is 28.9 Å². The first-order chi connectivity index (χ1) is 9.58. The van der Waals surface area contributed by atoms with Gasteiger partial charge >= 0.3 is 5.97 Å². The second kappa shape index (κ2) is 8.47. The Morgan fingerprint density at radius 3 is 2.85 bits per heavy atom. The van der Waals surface area contributed by atoms with Crippen LogP contribution >= 0.6 is 15.9 Å². The molecule has 1 amide bonds. The lowest BCUT2D eigenvalue weighted by molar-refractivity contribution is -0.143. The molecular weight excluding hydrogens is 324 g/mol. The quantitative estimate of drug-likeness (QED) is 0.565. The van der Waals surface area contributed by atoms with Crippen LogP contribution in [0.1, 0.15) is 23.7 Å². The molecule has 1 rings (SSSR count). The van der Waals surface area contributed by atoms with E-state index in [-0.39, 0.29) is 24.8 Å². The standard InChI is InChI=1S/C14H17BrN2O3/c1-3-6-17(7-5-13(18)20-4-2)14(19)11-8-12(15)10-16-9-11/h3,8-10H,1,4-7H2,2H3. The van der Waals surface area contributed by atoms with E-state index in [0.29, 0.717) is 18.7 Å². The van der Waals surface area contributed by atoms with Crippen molar-refractivity contribution >= 4 is 27.8 Å². The molecule has 6 heteroatoms. The molecule has 0 N–H and O–H groups in total. The zero-order chi connectivity index (χ0) is 15.0. The fourth-order valence-electron chi connectivity index (χ4n) is 1.60. The van der Waals surface area contributed by atoms with Gasteiger partial charge in [0.1, 0.15) is 0 Å². The van der Waals surface area contributed by atoms with Gasteiger partial charge in [-0.3, -0.25) is 14.6 Å². The van der Waals surface area contributed by atoms with E-state index in [1.54, 1.807) is 25.3 Å². The smallest absolute Gasteiger partial charge is 0.307 e. The summed E-state index contributed by atoms with van der Waals surface area (Å²) in [6.07, 6.45) is 4.88. The third kappa shape index (κ3) is 5.13. The largest absolute Gasteiger partial charge is 0.466 e. The van der Waals surface area contributed by atoms with Crippen LogP contribution in [0, 0.1) is 0 Å². The van der Waals surface area contributed by atoms with Crippen molar-refractivity contribution in [3.63, 3.8) is 0 Å². The first-order valence-electron chi connectivity index (χ1n) is 6.24. The molecule has 0 atom stereocenters. The van der Waals surface area contributed by atoms with Crippen LogP contribution in [0.15, 0.2) is 35.6 Å². The van der Waals surface area contributed by atoms with Crippen LogP contribution in [0.2, 0.25) is 0 Å². The summed E-state index contributed by atoms with van der Waals surface area (Å²) in [5, 5.41) is 0.